The van der Waals surface area contributed by atoms with Gasteiger partial charge in [0.05, 0.1) is 25.2 Å². The topological polar surface area (TPSA) is 105 Å². The van der Waals surface area contributed by atoms with Gasteiger partial charge in [0.1, 0.15) is 16.8 Å². The first-order chi connectivity index (χ1) is 17.9. The third kappa shape index (κ3) is 4.55. The van der Waals surface area contributed by atoms with E-state index in [1.807, 2.05) is 31.3 Å². The fourth-order valence-corrected chi connectivity index (χ4v) is 4.72. The van der Waals surface area contributed by atoms with Crippen molar-refractivity contribution in [2.75, 3.05) is 47.4 Å². The molecule has 0 saturated carbocycles. The number of methoxy groups -OCH3 is 2. The molecule has 3 aromatic heterocycles. The van der Waals surface area contributed by atoms with Crippen LogP contribution in [-0.2, 0) is 13.0 Å². The molecule has 1 aromatic carbocycles. The lowest BCUT2D eigenvalue weighted by atomic mass is 10.1. The van der Waals surface area contributed by atoms with Crippen LogP contribution in [0.15, 0.2) is 53.5 Å². The Kier molecular flexibility index (Phi) is 6.66. The SMILES string of the molecule is COc1ccc(CCn2c(=N)c(C(=O)N3CCN(C)CC3)cc3c(=O)n4ccccc4nc32)cc1OC. The summed E-state index contributed by atoms with van der Waals surface area (Å²) in [5, 5.41) is 9.33. The number of likely N-dealkylation sites (N-methyl/N-ethyl adjacent to an activating group) is 1. The number of piperazine rings is 1. The molecular weight excluding hydrogens is 472 g/mol. The Morgan fingerprint density at radius 2 is 1.78 bits per heavy atom. The highest BCUT2D eigenvalue weighted by atomic mass is 16.5. The van der Waals surface area contributed by atoms with Gasteiger partial charge in [0, 0.05) is 38.9 Å². The molecule has 1 saturated heterocycles. The third-order valence-electron chi connectivity index (χ3n) is 6.91. The van der Waals surface area contributed by atoms with Crippen molar-refractivity contribution in [2.24, 2.45) is 0 Å². The molecule has 192 valence electrons. The summed E-state index contributed by atoms with van der Waals surface area (Å²) in [5.74, 6) is 1.01. The van der Waals surface area contributed by atoms with E-state index < -0.39 is 0 Å². The van der Waals surface area contributed by atoms with E-state index in [-0.39, 0.29) is 22.5 Å². The number of nitrogens with zero attached hydrogens (tertiary/aromatic N) is 5. The van der Waals surface area contributed by atoms with Gasteiger partial charge in [-0.05, 0) is 49.4 Å². The van der Waals surface area contributed by atoms with E-state index >= 15 is 0 Å². The lowest BCUT2D eigenvalue weighted by Crippen LogP contribution is -2.48. The fourth-order valence-electron chi connectivity index (χ4n) is 4.72. The highest BCUT2D eigenvalue weighted by Gasteiger charge is 2.24. The number of carbonyl (C=O) groups is 1. The van der Waals surface area contributed by atoms with Crippen molar-refractivity contribution in [1.82, 2.24) is 23.8 Å². The second-order valence-electron chi connectivity index (χ2n) is 9.18. The Bertz CT molecular complexity index is 1600. The van der Waals surface area contributed by atoms with Gasteiger partial charge in [-0.3, -0.25) is 19.4 Å². The van der Waals surface area contributed by atoms with Crippen LogP contribution in [-0.4, -0.2) is 77.1 Å². The number of pyridine rings is 2. The number of rotatable bonds is 6. The summed E-state index contributed by atoms with van der Waals surface area (Å²) < 4.78 is 13.9. The van der Waals surface area contributed by atoms with Crippen molar-refractivity contribution in [3.63, 3.8) is 0 Å². The molecule has 1 aliphatic heterocycles. The molecule has 0 bridgehead atoms. The van der Waals surface area contributed by atoms with Crippen molar-refractivity contribution in [1.29, 1.82) is 5.41 Å². The van der Waals surface area contributed by atoms with Crippen LogP contribution in [0.1, 0.15) is 15.9 Å². The van der Waals surface area contributed by atoms with Gasteiger partial charge in [0.2, 0.25) is 0 Å². The van der Waals surface area contributed by atoms with E-state index in [0.29, 0.717) is 54.2 Å². The monoisotopic (exact) mass is 502 g/mol. The smallest absolute Gasteiger partial charge is 0.267 e. The molecule has 0 radical (unpaired) electrons. The van der Waals surface area contributed by atoms with E-state index in [0.717, 1.165) is 18.7 Å². The Hall–Kier alpha value is -4.18. The lowest BCUT2D eigenvalue weighted by Gasteiger charge is -2.32. The van der Waals surface area contributed by atoms with E-state index in [1.54, 1.807) is 48.1 Å². The number of amides is 1. The van der Waals surface area contributed by atoms with Crippen LogP contribution in [0.2, 0.25) is 0 Å². The van der Waals surface area contributed by atoms with Crippen molar-refractivity contribution >= 4 is 22.6 Å². The molecule has 0 aliphatic carbocycles. The number of aromatic nitrogens is 3. The van der Waals surface area contributed by atoms with Gasteiger partial charge in [-0.15, -0.1) is 0 Å². The zero-order valence-electron chi connectivity index (χ0n) is 21.2. The second kappa shape index (κ2) is 10.1. The molecule has 5 rings (SSSR count). The van der Waals surface area contributed by atoms with Crippen LogP contribution < -0.4 is 20.5 Å². The largest absolute Gasteiger partial charge is 0.493 e. The molecular formula is C27H30N6O4. The number of aryl methyl sites for hydroxylation is 2. The number of hydrogen-bond acceptors (Lipinski definition) is 7. The van der Waals surface area contributed by atoms with Crippen LogP contribution in [0.4, 0.5) is 0 Å². The van der Waals surface area contributed by atoms with Crippen LogP contribution in [0.3, 0.4) is 0 Å². The van der Waals surface area contributed by atoms with Crippen LogP contribution in [0, 0.1) is 5.41 Å². The average Bonchev–Trinajstić information content (AvgIpc) is 2.92. The molecule has 0 spiro atoms. The molecule has 10 nitrogen and oxygen atoms in total. The van der Waals surface area contributed by atoms with Crippen molar-refractivity contribution in [2.45, 2.75) is 13.0 Å². The highest BCUT2D eigenvalue weighted by Crippen LogP contribution is 2.28. The molecule has 1 amide bonds. The molecule has 4 heterocycles. The number of hydrogen-bond donors (Lipinski definition) is 1. The summed E-state index contributed by atoms with van der Waals surface area (Å²) in [6.45, 7) is 3.03. The zero-order chi connectivity index (χ0) is 26.1. The van der Waals surface area contributed by atoms with E-state index in [1.165, 1.54) is 4.40 Å². The number of benzene rings is 1. The molecule has 10 heteroatoms. The Balaban J connectivity index is 1.63. The quantitative estimate of drug-likeness (QED) is 0.403. The molecule has 0 atom stereocenters. The summed E-state index contributed by atoms with van der Waals surface area (Å²) in [7, 11) is 5.19. The van der Waals surface area contributed by atoms with Crippen LogP contribution in [0.5, 0.6) is 11.5 Å². The maximum absolute atomic E-state index is 13.5. The van der Waals surface area contributed by atoms with Crippen molar-refractivity contribution in [3.8, 4) is 11.5 Å². The Morgan fingerprint density at radius 3 is 2.51 bits per heavy atom. The molecule has 1 N–H and O–H groups in total. The van der Waals surface area contributed by atoms with Crippen LogP contribution >= 0.6 is 0 Å². The summed E-state index contributed by atoms with van der Waals surface area (Å²) >= 11 is 0. The minimum absolute atomic E-state index is 0.0454. The van der Waals surface area contributed by atoms with Gasteiger partial charge >= 0.3 is 0 Å². The van der Waals surface area contributed by atoms with E-state index in [4.69, 9.17) is 19.9 Å². The first kappa shape index (κ1) is 24.5. The Labute approximate surface area is 213 Å². The lowest BCUT2D eigenvalue weighted by molar-refractivity contribution is 0.0661. The standard InChI is InChI=1S/C27H30N6O4/c1-30-12-14-31(15-13-30)26(34)19-17-20-25(29-23-6-4-5-10-32(23)27(20)35)33(24(19)28)11-9-18-7-8-21(36-2)22(16-18)37-3/h4-8,10,16-17,28H,9,11-15H2,1-3H3. The number of ether oxygens (including phenoxy) is 2. The van der Waals surface area contributed by atoms with Gasteiger partial charge in [0.15, 0.2) is 11.5 Å². The van der Waals surface area contributed by atoms with E-state index in [2.05, 4.69) is 4.90 Å². The summed E-state index contributed by atoms with van der Waals surface area (Å²) in [6.07, 6.45) is 2.20. The van der Waals surface area contributed by atoms with Gasteiger partial charge < -0.3 is 23.8 Å². The minimum atomic E-state index is -0.270. The van der Waals surface area contributed by atoms with Gasteiger partial charge in [-0.2, -0.15) is 0 Å². The highest BCUT2D eigenvalue weighted by molar-refractivity contribution is 5.97. The van der Waals surface area contributed by atoms with Crippen molar-refractivity contribution in [3.05, 3.63) is 75.6 Å². The summed E-state index contributed by atoms with van der Waals surface area (Å²) in [4.78, 5) is 35.6. The second-order valence-corrected chi connectivity index (χ2v) is 9.18. The third-order valence-corrected chi connectivity index (χ3v) is 6.91. The van der Waals surface area contributed by atoms with Gasteiger partial charge in [0.25, 0.3) is 11.5 Å². The van der Waals surface area contributed by atoms with Gasteiger partial charge in [-0.25, -0.2) is 4.98 Å². The Morgan fingerprint density at radius 1 is 1.03 bits per heavy atom. The molecule has 4 aromatic rings. The fraction of sp³-hybridized carbons (Fsp3) is 0.333. The molecule has 1 fully saturated rings. The zero-order valence-corrected chi connectivity index (χ0v) is 21.2. The average molecular weight is 503 g/mol. The maximum atomic E-state index is 13.5. The molecule has 37 heavy (non-hydrogen) atoms. The van der Waals surface area contributed by atoms with Gasteiger partial charge in [-0.1, -0.05) is 12.1 Å². The first-order valence-electron chi connectivity index (χ1n) is 12.2. The number of carbonyl (C=O) groups excluding carboxylic acids is 1. The van der Waals surface area contributed by atoms with Crippen LogP contribution in [0.25, 0.3) is 16.7 Å². The molecule has 0 unspecified atom stereocenters. The predicted octanol–water partition coefficient (Wildman–Crippen LogP) is 1.78. The summed E-state index contributed by atoms with van der Waals surface area (Å²) in [5.41, 5.74) is 1.82. The molecule has 1 aliphatic rings. The number of nitrogens with one attached hydrogen (secondary N) is 1. The normalized spacial score (nSPS) is 14.3. The summed E-state index contributed by atoms with van der Waals surface area (Å²) in [6, 6.07) is 12.5. The first-order valence-corrected chi connectivity index (χ1v) is 12.2. The van der Waals surface area contributed by atoms with Crippen molar-refractivity contribution < 1.29 is 14.3 Å². The number of fused-ring (bicyclic) bond motifs is 2. The minimum Gasteiger partial charge on any atom is -0.493 e. The predicted molar refractivity (Wildman–Crippen MR) is 139 cm³/mol. The maximum Gasteiger partial charge on any atom is 0.267 e. The van der Waals surface area contributed by atoms with E-state index in [9.17, 15) is 9.59 Å².